The van der Waals surface area contributed by atoms with E-state index < -0.39 is 0 Å². The van der Waals surface area contributed by atoms with Gasteiger partial charge in [0, 0.05) is 29.6 Å². The van der Waals surface area contributed by atoms with E-state index in [4.69, 9.17) is 11.6 Å². The lowest BCUT2D eigenvalue weighted by atomic mass is 10.1. The van der Waals surface area contributed by atoms with Crippen molar-refractivity contribution in [1.82, 2.24) is 4.98 Å². The van der Waals surface area contributed by atoms with Crippen molar-refractivity contribution in [2.45, 2.75) is 6.42 Å². The maximum Gasteiger partial charge on any atom is 0.228 e. The molecule has 1 aromatic heterocycles. The highest BCUT2D eigenvalue weighted by atomic mass is 79.9. The van der Waals surface area contributed by atoms with Gasteiger partial charge < -0.3 is 0 Å². The van der Waals surface area contributed by atoms with Gasteiger partial charge in [-0.15, -0.1) is 6.58 Å². The predicted octanol–water partition coefficient (Wildman–Crippen LogP) is 3.04. The van der Waals surface area contributed by atoms with Gasteiger partial charge in [0.15, 0.2) is 5.82 Å². The van der Waals surface area contributed by atoms with Crippen molar-refractivity contribution >= 4 is 39.3 Å². The van der Waals surface area contributed by atoms with Gasteiger partial charge in [0.1, 0.15) is 0 Å². The number of pyridine rings is 1. The van der Waals surface area contributed by atoms with E-state index in [0.717, 1.165) is 4.47 Å². The Hall–Kier alpha value is -0.870. The predicted molar refractivity (Wildman–Crippen MR) is 67.6 cm³/mol. The van der Waals surface area contributed by atoms with E-state index in [-0.39, 0.29) is 11.8 Å². The Balaban J connectivity index is 2.31. The molecular weight excluding hydrogens is 291 g/mol. The third-order valence-electron chi connectivity index (χ3n) is 2.53. The van der Waals surface area contributed by atoms with Crippen LogP contribution in [0.5, 0.6) is 0 Å². The minimum atomic E-state index is 0.0432. The first-order chi connectivity index (χ1) is 7.61. The second-order valence-electron chi connectivity index (χ2n) is 3.66. The number of nitrogens with zero attached hydrogens (tertiary/aromatic N) is 2. The Labute approximate surface area is 107 Å². The summed E-state index contributed by atoms with van der Waals surface area (Å²) in [6.07, 6.45) is 3.91. The standard InChI is InChI=1S/C11H10BrClN2O/c1-2-7-3-10(16)15(6-7)11-9(13)4-8(12)5-14-11/h2,4-5,7H,1,3,6H2. The molecule has 1 amide bonds. The van der Waals surface area contributed by atoms with Crippen molar-refractivity contribution in [3.63, 3.8) is 0 Å². The third-order valence-corrected chi connectivity index (χ3v) is 3.24. The van der Waals surface area contributed by atoms with E-state index in [9.17, 15) is 4.79 Å². The number of carbonyl (C=O) groups excluding carboxylic acids is 1. The summed E-state index contributed by atoms with van der Waals surface area (Å²) in [7, 11) is 0. The van der Waals surface area contributed by atoms with Gasteiger partial charge >= 0.3 is 0 Å². The molecule has 1 aliphatic rings. The van der Waals surface area contributed by atoms with Crippen molar-refractivity contribution < 1.29 is 4.79 Å². The fourth-order valence-electron chi connectivity index (χ4n) is 1.70. The normalized spacial score (nSPS) is 20.2. The summed E-state index contributed by atoms with van der Waals surface area (Å²) in [5.41, 5.74) is 0. The van der Waals surface area contributed by atoms with Crippen LogP contribution in [-0.2, 0) is 4.79 Å². The molecule has 1 atom stereocenters. The summed E-state index contributed by atoms with van der Waals surface area (Å²) >= 11 is 9.33. The maximum atomic E-state index is 11.7. The van der Waals surface area contributed by atoms with E-state index in [1.165, 1.54) is 0 Å². The highest BCUT2D eigenvalue weighted by molar-refractivity contribution is 9.10. The van der Waals surface area contributed by atoms with Crippen LogP contribution >= 0.6 is 27.5 Å². The molecule has 1 aromatic rings. The molecule has 0 saturated carbocycles. The Morgan fingerprint density at radius 3 is 3.00 bits per heavy atom. The molecule has 0 aromatic carbocycles. The molecule has 1 aliphatic heterocycles. The first-order valence-electron chi connectivity index (χ1n) is 4.85. The zero-order valence-electron chi connectivity index (χ0n) is 8.49. The van der Waals surface area contributed by atoms with Crippen LogP contribution in [0.15, 0.2) is 29.4 Å². The molecular formula is C11H10BrClN2O. The highest BCUT2D eigenvalue weighted by Gasteiger charge is 2.30. The minimum absolute atomic E-state index is 0.0432. The number of rotatable bonds is 2. The lowest BCUT2D eigenvalue weighted by molar-refractivity contribution is -0.117. The van der Waals surface area contributed by atoms with Gasteiger partial charge in [-0.2, -0.15) is 0 Å². The van der Waals surface area contributed by atoms with Gasteiger partial charge in [-0.25, -0.2) is 4.98 Å². The maximum absolute atomic E-state index is 11.7. The van der Waals surface area contributed by atoms with E-state index in [1.54, 1.807) is 23.2 Å². The molecule has 0 radical (unpaired) electrons. The minimum Gasteiger partial charge on any atom is -0.295 e. The van der Waals surface area contributed by atoms with Gasteiger partial charge in [-0.3, -0.25) is 9.69 Å². The molecule has 3 nitrogen and oxygen atoms in total. The third kappa shape index (κ3) is 2.13. The molecule has 16 heavy (non-hydrogen) atoms. The molecule has 5 heteroatoms. The lowest BCUT2D eigenvalue weighted by Crippen LogP contribution is -2.25. The summed E-state index contributed by atoms with van der Waals surface area (Å²) in [4.78, 5) is 17.5. The van der Waals surface area contributed by atoms with Gasteiger partial charge in [0.25, 0.3) is 0 Å². The van der Waals surface area contributed by atoms with Crippen molar-refractivity contribution in [3.8, 4) is 0 Å². The summed E-state index contributed by atoms with van der Waals surface area (Å²) in [6.45, 7) is 4.31. The Bertz CT molecular complexity index is 450. The topological polar surface area (TPSA) is 33.2 Å². The van der Waals surface area contributed by atoms with Gasteiger partial charge in [0.05, 0.1) is 5.02 Å². The van der Waals surface area contributed by atoms with Crippen molar-refractivity contribution in [2.24, 2.45) is 5.92 Å². The second kappa shape index (κ2) is 4.55. The van der Waals surface area contributed by atoms with E-state index in [0.29, 0.717) is 23.8 Å². The van der Waals surface area contributed by atoms with E-state index >= 15 is 0 Å². The van der Waals surface area contributed by atoms with Crippen molar-refractivity contribution in [3.05, 3.63) is 34.4 Å². The summed E-state index contributed by atoms with van der Waals surface area (Å²) in [5, 5.41) is 0.479. The quantitative estimate of drug-likeness (QED) is 0.787. The molecule has 1 unspecified atom stereocenters. The largest absolute Gasteiger partial charge is 0.295 e. The molecule has 84 valence electrons. The summed E-state index contributed by atoms with van der Waals surface area (Å²) in [6, 6.07) is 1.73. The van der Waals surface area contributed by atoms with Crippen molar-refractivity contribution in [1.29, 1.82) is 0 Å². The van der Waals surface area contributed by atoms with Gasteiger partial charge in [-0.1, -0.05) is 17.7 Å². The average molecular weight is 302 g/mol. The Morgan fingerprint density at radius 1 is 1.69 bits per heavy atom. The molecule has 2 heterocycles. The first kappa shape index (κ1) is 11.6. The van der Waals surface area contributed by atoms with Crippen LogP contribution in [0.1, 0.15) is 6.42 Å². The number of carbonyl (C=O) groups is 1. The molecule has 1 saturated heterocycles. The lowest BCUT2D eigenvalue weighted by Gasteiger charge is -2.16. The van der Waals surface area contributed by atoms with Gasteiger partial charge in [-0.05, 0) is 22.0 Å². The number of aromatic nitrogens is 1. The molecule has 2 rings (SSSR count). The van der Waals surface area contributed by atoms with E-state index in [2.05, 4.69) is 27.5 Å². The first-order valence-corrected chi connectivity index (χ1v) is 6.03. The second-order valence-corrected chi connectivity index (χ2v) is 4.99. The number of anilines is 1. The summed E-state index contributed by atoms with van der Waals surface area (Å²) in [5.74, 6) is 0.759. The smallest absolute Gasteiger partial charge is 0.228 e. The van der Waals surface area contributed by atoms with Gasteiger partial charge in [0.2, 0.25) is 5.91 Å². The van der Waals surface area contributed by atoms with Crippen LogP contribution in [0.25, 0.3) is 0 Å². The van der Waals surface area contributed by atoms with Crippen LogP contribution in [0.2, 0.25) is 5.02 Å². The fourth-order valence-corrected chi connectivity index (χ4v) is 2.44. The molecule has 0 aliphatic carbocycles. The zero-order valence-corrected chi connectivity index (χ0v) is 10.8. The average Bonchev–Trinajstić information content (AvgIpc) is 2.60. The van der Waals surface area contributed by atoms with Crippen LogP contribution in [0.4, 0.5) is 5.82 Å². The molecule has 0 spiro atoms. The van der Waals surface area contributed by atoms with Crippen LogP contribution in [0.3, 0.4) is 0 Å². The Kier molecular flexibility index (Phi) is 3.30. The SMILES string of the molecule is C=CC1CC(=O)N(c2ncc(Br)cc2Cl)C1. The number of amides is 1. The Morgan fingerprint density at radius 2 is 2.44 bits per heavy atom. The molecule has 0 N–H and O–H groups in total. The number of halogens is 2. The monoisotopic (exact) mass is 300 g/mol. The fraction of sp³-hybridized carbons (Fsp3) is 0.273. The van der Waals surface area contributed by atoms with Crippen LogP contribution in [-0.4, -0.2) is 17.4 Å². The highest BCUT2D eigenvalue weighted by Crippen LogP contribution is 2.31. The number of hydrogen-bond donors (Lipinski definition) is 0. The zero-order chi connectivity index (χ0) is 11.7. The van der Waals surface area contributed by atoms with E-state index in [1.807, 2.05) is 0 Å². The number of hydrogen-bond acceptors (Lipinski definition) is 2. The van der Waals surface area contributed by atoms with Crippen LogP contribution < -0.4 is 4.90 Å². The van der Waals surface area contributed by atoms with Crippen molar-refractivity contribution in [2.75, 3.05) is 11.4 Å². The summed E-state index contributed by atoms with van der Waals surface area (Å²) < 4.78 is 0.799. The molecule has 0 bridgehead atoms. The van der Waals surface area contributed by atoms with Crippen LogP contribution in [0, 0.1) is 5.92 Å². The molecule has 1 fully saturated rings.